The standard InChI is InChI=1S/C7H13O2.2C2H5O.Ti/c1-2-3-4-8-5-7-6-9-7;2*1-2-3;/h7H,1-6H2;2*2H2,1H3;/q;2*-1;+2. The van der Waals surface area contributed by atoms with Crippen LogP contribution >= 0.6 is 0 Å². The van der Waals surface area contributed by atoms with E-state index in [1.54, 1.807) is 0 Å². The summed E-state index contributed by atoms with van der Waals surface area (Å²) in [5.74, 6) is 0. The first-order valence-corrected chi connectivity index (χ1v) is 8.55. The maximum atomic E-state index is 5.62. The Balaban J connectivity index is 1.85. The van der Waals surface area contributed by atoms with Gasteiger partial charge in [-0.05, 0) is 0 Å². The van der Waals surface area contributed by atoms with Crippen molar-refractivity contribution in [1.29, 1.82) is 0 Å². The molecule has 0 N–H and O–H groups in total. The molecule has 1 aliphatic heterocycles. The van der Waals surface area contributed by atoms with Crippen LogP contribution in [-0.4, -0.2) is 39.1 Å². The second-order valence-electron chi connectivity index (χ2n) is 3.73. The van der Waals surface area contributed by atoms with Gasteiger partial charge in [0.2, 0.25) is 0 Å². The Morgan fingerprint density at radius 2 is 1.88 bits per heavy atom. The molecule has 4 nitrogen and oxygen atoms in total. The molecule has 0 aliphatic carbocycles. The molecule has 0 bridgehead atoms. The predicted molar refractivity (Wildman–Crippen MR) is 57.9 cm³/mol. The topological polar surface area (TPSA) is 40.2 Å². The van der Waals surface area contributed by atoms with Crippen molar-refractivity contribution in [3.8, 4) is 0 Å². The zero-order valence-electron chi connectivity index (χ0n) is 10.4. The van der Waals surface area contributed by atoms with Crippen LogP contribution in [0, 0.1) is 0 Å². The second kappa shape index (κ2) is 9.57. The molecule has 0 aromatic heterocycles. The van der Waals surface area contributed by atoms with Crippen LogP contribution in [0.3, 0.4) is 0 Å². The average molecular weight is 267 g/mol. The molecular formula is C11H23O4Ti. The van der Waals surface area contributed by atoms with Crippen LogP contribution in [0.4, 0.5) is 0 Å². The zero-order chi connectivity index (χ0) is 11.6. The molecule has 1 saturated heterocycles. The Morgan fingerprint density at radius 3 is 2.44 bits per heavy atom. The Morgan fingerprint density at radius 1 is 1.19 bits per heavy atom. The van der Waals surface area contributed by atoms with E-state index in [1.165, 1.54) is 0 Å². The van der Waals surface area contributed by atoms with Crippen molar-refractivity contribution in [2.75, 3.05) is 33.0 Å². The fraction of sp³-hybridized carbons (Fsp3) is 1.00. The Bertz CT molecular complexity index is 158. The van der Waals surface area contributed by atoms with E-state index < -0.39 is 18.6 Å². The van der Waals surface area contributed by atoms with Gasteiger partial charge >= 0.3 is 105 Å². The van der Waals surface area contributed by atoms with Gasteiger partial charge in [0.15, 0.2) is 0 Å². The normalized spacial score (nSPS) is 18.8. The monoisotopic (exact) mass is 267 g/mol. The molecule has 1 unspecified atom stereocenters. The summed E-state index contributed by atoms with van der Waals surface area (Å²) in [6, 6.07) is 0. The van der Waals surface area contributed by atoms with Gasteiger partial charge in [0.05, 0.1) is 0 Å². The molecule has 95 valence electrons. The molecule has 1 fully saturated rings. The molecule has 0 aromatic rings. The van der Waals surface area contributed by atoms with Gasteiger partial charge in [-0.2, -0.15) is 0 Å². The minimum absolute atomic E-state index is 0.385. The van der Waals surface area contributed by atoms with Gasteiger partial charge < -0.3 is 0 Å². The second-order valence-corrected chi connectivity index (χ2v) is 6.57. The molecule has 1 aliphatic rings. The summed E-state index contributed by atoms with van der Waals surface area (Å²) in [4.78, 5) is 0. The molecule has 1 atom stereocenters. The first-order chi connectivity index (χ1) is 7.86. The summed E-state index contributed by atoms with van der Waals surface area (Å²) in [7, 11) is 0. The van der Waals surface area contributed by atoms with Crippen molar-refractivity contribution >= 4 is 0 Å². The van der Waals surface area contributed by atoms with Gasteiger partial charge in [0.1, 0.15) is 0 Å². The molecule has 1 rings (SSSR count). The van der Waals surface area contributed by atoms with Crippen molar-refractivity contribution in [2.24, 2.45) is 0 Å². The van der Waals surface area contributed by atoms with E-state index in [-0.39, 0.29) is 0 Å². The van der Waals surface area contributed by atoms with Gasteiger partial charge in [-0.1, -0.05) is 0 Å². The molecule has 0 saturated carbocycles. The summed E-state index contributed by atoms with van der Waals surface area (Å²) in [6.07, 6.45) is 2.64. The summed E-state index contributed by atoms with van der Waals surface area (Å²) in [6.45, 7) is 8.11. The fourth-order valence-corrected chi connectivity index (χ4v) is 3.79. The van der Waals surface area contributed by atoms with E-state index in [0.29, 0.717) is 6.10 Å². The first-order valence-electron chi connectivity index (χ1n) is 6.17. The molecule has 0 spiro atoms. The molecule has 0 amide bonds. The van der Waals surface area contributed by atoms with Crippen LogP contribution in [-0.2, 0) is 34.8 Å². The minimum atomic E-state index is -1.64. The summed E-state index contributed by atoms with van der Waals surface area (Å²) < 4.78 is 22.9. The van der Waals surface area contributed by atoms with Crippen molar-refractivity contribution in [3.63, 3.8) is 0 Å². The number of epoxide rings is 1. The Hall–Kier alpha value is 0.554. The van der Waals surface area contributed by atoms with Crippen LogP contribution in [0.1, 0.15) is 26.7 Å². The van der Waals surface area contributed by atoms with Crippen LogP contribution in [0.15, 0.2) is 0 Å². The van der Waals surface area contributed by atoms with E-state index in [0.717, 1.165) is 50.6 Å². The van der Waals surface area contributed by atoms with Gasteiger partial charge in [-0.25, -0.2) is 0 Å². The molecule has 0 radical (unpaired) electrons. The van der Waals surface area contributed by atoms with Gasteiger partial charge in [-0.15, -0.1) is 0 Å². The van der Waals surface area contributed by atoms with Crippen molar-refractivity contribution in [2.45, 2.75) is 37.5 Å². The molecule has 16 heavy (non-hydrogen) atoms. The van der Waals surface area contributed by atoms with Crippen LogP contribution < -0.4 is 0 Å². The first kappa shape index (κ1) is 14.6. The van der Waals surface area contributed by atoms with Gasteiger partial charge in [-0.3, -0.25) is 0 Å². The van der Waals surface area contributed by atoms with E-state index in [2.05, 4.69) is 0 Å². The maximum absolute atomic E-state index is 5.62. The van der Waals surface area contributed by atoms with Gasteiger partial charge in [0, 0.05) is 0 Å². The van der Waals surface area contributed by atoms with Crippen LogP contribution in [0.25, 0.3) is 0 Å². The fourth-order valence-electron chi connectivity index (χ4n) is 1.36. The number of hydrogen-bond donors (Lipinski definition) is 0. The number of hydrogen-bond acceptors (Lipinski definition) is 4. The van der Waals surface area contributed by atoms with E-state index >= 15 is 0 Å². The quantitative estimate of drug-likeness (QED) is 0.326. The van der Waals surface area contributed by atoms with E-state index in [9.17, 15) is 0 Å². The third-order valence-electron chi connectivity index (χ3n) is 2.24. The summed E-state index contributed by atoms with van der Waals surface area (Å²) >= 11 is -1.64. The van der Waals surface area contributed by atoms with E-state index in [1.807, 2.05) is 13.8 Å². The summed E-state index contributed by atoms with van der Waals surface area (Å²) in [5, 5.41) is 0. The average Bonchev–Trinajstić information content (AvgIpc) is 3.07. The van der Waals surface area contributed by atoms with Crippen LogP contribution in [0.5, 0.6) is 0 Å². The van der Waals surface area contributed by atoms with E-state index in [4.69, 9.17) is 16.1 Å². The SMILES string of the molecule is CC[O][Ti]([CH2]CCCOCC1CO1)[O]CC. The van der Waals surface area contributed by atoms with Crippen LogP contribution in [0.2, 0.25) is 4.73 Å². The molecular weight excluding hydrogens is 244 g/mol. The predicted octanol–water partition coefficient (Wildman–Crippen LogP) is 2.12. The molecule has 1 heterocycles. The van der Waals surface area contributed by atoms with Gasteiger partial charge in [0.25, 0.3) is 0 Å². The Kier molecular flexibility index (Phi) is 8.74. The zero-order valence-corrected chi connectivity index (χ0v) is 11.9. The van der Waals surface area contributed by atoms with Crippen molar-refractivity contribution in [1.82, 2.24) is 0 Å². The van der Waals surface area contributed by atoms with Crippen molar-refractivity contribution in [3.05, 3.63) is 0 Å². The van der Waals surface area contributed by atoms with Crippen molar-refractivity contribution < 1.29 is 34.8 Å². The molecule has 0 aromatic carbocycles. The third kappa shape index (κ3) is 7.77. The number of rotatable bonds is 11. The summed E-state index contributed by atoms with van der Waals surface area (Å²) in [5.41, 5.74) is 0. The molecule has 5 heteroatoms. The third-order valence-corrected chi connectivity index (χ3v) is 5.33. The number of ether oxygens (including phenoxy) is 2. The Labute approximate surface area is 105 Å². The number of unbranched alkanes of at least 4 members (excludes halogenated alkanes) is 1.